The molecule has 1 amide bonds. The van der Waals surface area contributed by atoms with Crippen molar-refractivity contribution in [3.8, 4) is 22.8 Å². The summed E-state index contributed by atoms with van der Waals surface area (Å²) in [7, 11) is 1.42. The number of fused-ring (bicyclic) bond motifs is 1. The van der Waals surface area contributed by atoms with E-state index in [-0.39, 0.29) is 17.2 Å². The van der Waals surface area contributed by atoms with Gasteiger partial charge in [0.05, 0.1) is 35.9 Å². The molecule has 196 valence electrons. The number of methoxy groups -OCH3 is 1. The van der Waals surface area contributed by atoms with Gasteiger partial charge in [0.2, 0.25) is 0 Å². The van der Waals surface area contributed by atoms with Crippen molar-refractivity contribution in [1.29, 1.82) is 0 Å². The number of likely N-dealkylation sites (tertiary alicyclic amines) is 1. The van der Waals surface area contributed by atoms with Crippen molar-refractivity contribution in [1.82, 2.24) is 20.2 Å². The number of para-hydroxylation sites is 1. The van der Waals surface area contributed by atoms with E-state index in [0.29, 0.717) is 54.0 Å². The molecule has 5 rings (SSSR count). The summed E-state index contributed by atoms with van der Waals surface area (Å²) < 4.78 is 26.2. The van der Waals surface area contributed by atoms with E-state index in [1.54, 1.807) is 24.5 Å². The van der Waals surface area contributed by atoms with Crippen LogP contribution < -0.4 is 20.1 Å². The molecule has 0 radical (unpaired) electrons. The topological polar surface area (TPSA) is 91.5 Å². The molecule has 3 N–H and O–H groups in total. The molecule has 8 nitrogen and oxygen atoms in total. The number of hydrogen-bond donors (Lipinski definition) is 3. The first-order valence-electron chi connectivity index (χ1n) is 12.7. The molecule has 4 heterocycles. The molecule has 1 fully saturated rings. The lowest BCUT2D eigenvalue weighted by atomic mass is 10.0. The Labute approximate surface area is 216 Å². The summed E-state index contributed by atoms with van der Waals surface area (Å²) in [5, 5.41) is 6.19. The number of carbonyl (C=O) groups excluding carboxylic acids is 1. The van der Waals surface area contributed by atoms with Crippen molar-refractivity contribution in [2.75, 3.05) is 32.1 Å². The fourth-order valence-electron chi connectivity index (χ4n) is 5.44. The zero-order valence-electron chi connectivity index (χ0n) is 21.8. The number of anilines is 2. The van der Waals surface area contributed by atoms with Gasteiger partial charge < -0.3 is 25.1 Å². The van der Waals surface area contributed by atoms with Crippen LogP contribution >= 0.6 is 0 Å². The van der Waals surface area contributed by atoms with E-state index in [0.717, 1.165) is 30.6 Å². The Balaban J connectivity index is 1.53. The Morgan fingerprint density at radius 3 is 2.89 bits per heavy atom. The number of halogens is 1. The highest BCUT2D eigenvalue weighted by Gasteiger charge is 2.34. The molecule has 0 aliphatic carbocycles. The first-order valence-corrected chi connectivity index (χ1v) is 12.7. The van der Waals surface area contributed by atoms with Crippen molar-refractivity contribution in [2.24, 2.45) is 0 Å². The van der Waals surface area contributed by atoms with Gasteiger partial charge >= 0.3 is 0 Å². The molecule has 1 aromatic carbocycles. The van der Waals surface area contributed by atoms with Crippen LogP contribution in [0.3, 0.4) is 0 Å². The van der Waals surface area contributed by atoms with E-state index in [1.807, 2.05) is 6.07 Å². The van der Waals surface area contributed by atoms with E-state index in [1.165, 1.54) is 13.2 Å². The lowest BCUT2D eigenvalue weighted by Gasteiger charge is -2.36. The van der Waals surface area contributed by atoms with Gasteiger partial charge in [0, 0.05) is 42.0 Å². The second kappa shape index (κ2) is 10.0. The molecular weight excluding hydrogens is 473 g/mol. The van der Waals surface area contributed by atoms with Gasteiger partial charge in [0.15, 0.2) is 11.6 Å². The summed E-state index contributed by atoms with van der Waals surface area (Å²) in [5.41, 5.74) is 3.81. The maximum atomic E-state index is 14.5. The summed E-state index contributed by atoms with van der Waals surface area (Å²) in [5.74, 6) is 0.0200. The lowest BCUT2D eigenvalue weighted by Crippen LogP contribution is -2.46. The fraction of sp³-hybridized carbons (Fsp3) is 0.429. The molecule has 2 aromatic heterocycles. The highest BCUT2D eigenvalue weighted by molar-refractivity contribution is 6.06. The monoisotopic (exact) mass is 507 g/mol. The van der Waals surface area contributed by atoms with Crippen molar-refractivity contribution in [3.05, 3.63) is 53.7 Å². The van der Waals surface area contributed by atoms with Gasteiger partial charge in [-0.15, -0.1) is 0 Å². The molecule has 2 aliphatic heterocycles. The van der Waals surface area contributed by atoms with Crippen LogP contribution in [0.1, 0.15) is 49.7 Å². The number of hydrogen-bond acceptors (Lipinski definition) is 6. The van der Waals surface area contributed by atoms with Crippen molar-refractivity contribution >= 4 is 17.3 Å². The second-order valence-electron chi connectivity index (χ2n) is 10.5. The number of pyridine rings is 1. The number of nitrogens with zero attached hydrogens (tertiary/aromatic N) is 2. The van der Waals surface area contributed by atoms with Crippen molar-refractivity contribution in [2.45, 2.75) is 51.6 Å². The van der Waals surface area contributed by atoms with Gasteiger partial charge in [-0.2, -0.15) is 0 Å². The van der Waals surface area contributed by atoms with Crippen LogP contribution in [-0.4, -0.2) is 59.2 Å². The van der Waals surface area contributed by atoms with Crippen molar-refractivity contribution < 1.29 is 18.7 Å². The average molecular weight is 508 g/mol. The number of amides is 1. The first-order chi connectivity index (χ1) is 17.8. The van der Waals surface area contributed by atoms with Crippen LogP contribution in [0.25, 0.3) is 11.3 Å². The first kappa shape index (κ1) is 25.1. The summed E-state index contributed by atoms with van der Waals surface area (Å²) in [6.45, 7) is 8.82. The Bertz CT molecular complexity index is 1300. The predicted octanol–water partition coefficient (Wildman–Crippen LogP) is 4.90. The number of nitrogens with one attached hydrogen (secondary N) is 3. The number of ether oxygens (including phenoxy) is 2. The highest BCUT2D eigenvalue weighted by atomic mass is 19.1. The van der Waals surface area contributed by atoms with Gasteiger partial charge in [-0.3, -0.25) is 14.7 Å². The van der Waals surface area contributed by atoms with Crippen molar-refractivity contribution in [3.63, 3.8) is 0 Å². The number of benzene rings is 1. The molecular formula is C28H34FN5O3. The lowest BCUT2D eigenvalue weighted by molar-refractivity contribution is 0.0878. The van der Waals surface area contributed by atoms with E-state index in [4.69, 9.17) is 9.47 Å². The second-order valence-corrected chi connectivity index (χ2v) is 10.5. The van der Waals surface area contributed by atoms with Gasteiger partial charge in [-0.1, -0.05) is 6.07 Å². The van der Waals surface area contributed by atoms with E-state index < -0.39 is 5.82 Å². The third-order valence-electron chi connectivity index (χ3n) is 7.12. The van der Waals surface area contributed by atoms with Crippen LogP contribution in [-0.2, 0) is 6.42 Å². The van der Waals surface area contributed by atoms with Gasteiger partial charge in [-0.05, 0) is 58.4 Å². The maximum absolute atomic E-state index is 14.5. The minimum atomic E-state index is -0.490. The number of aromatic amines is 1. The molecule has 1 saturated heterocycles. The number of rotatable bonds is 7. The Morgan fingerprint density at radius 2 is 2.11 bits per heavy atom. The standard InChI is InChI=1S/C28H34FN5O3/c1-28(2,3)34-14-6-7-17(34)16-37-22-15-30-12-10-18(22)24-25(23-20(32-24)11-13-31-27(23)35)33-21-9-5-8-19(29)26(21)36-4/h5,8-10,12,15,17,32-33H,6-7,11,13-14,16H2,1-4H3,(H,31,35)/t17-/m1/s1. The molecule has 1 atom stereocenters. The van der Waals surface area contributed by atoms with E-state index >= 15 is 0 Å². The zero-order valence-corrected chi connectivity index (χ0v) is 21.8. The quantitative estimate of drug-likeness (QED) is 0.422. The maximum Gasteiger partial charge on any atom is 0.255 e. The zero-order chi connectivity index (χ0) is 26.2. The average Bonchev–Trinajstić information content (AvgIpc) is 3.49. The molecule has 0 unspecified atom stereocenters. The smallest absolute Gasteiger partial charge is 0.255 e. The third kappa shape index (κ3) is 4.87. The van der Waals surface area contributed by atoms with Crippen LogP contribution in [0.2, 0.25) is 0 Å². The number of carbonyl (C=O) groups is 1. The molecule has 0 bridgehead atoms. The van der Waals surface area contributed by atoms with Gasteiger partial charge in [0.25, 0.3) is 5.91 Å². The molecule has 3 aromatic rings. The van der Waals surface area contributed by atoms with Gasteiger partial charge in [-0.25, -0.2) is 4.39 Å². The molecule has 2 aliphatic rings. The Kier molecular flexibility index (Phi) is 6.81. The van der Waals surface area contributed by atoms with Crippen LogP contribution in [0, 0.1) is 5.82 Å². The van der Waals surface area contributed by atoms with E-state index in [2.05, 4.69) is 46.3 Å². The molecule has 9 heteroatoms. The minimum Gasteiger partial charge on any atom is -0.492 e. The summed E-state index contributed by atoms with van der Waals surface area (Å²) in [6.07, 6.45) is 6.28. The minimum absolute atomic E-state index is 0.0648. The predicted molar refractivity (Wildman–Crippen MR) is 141 cm³/mol. The van der Waals surface area contributed by atoms with Crippen LogP contribution in [0.5, 0.6) is 11.5 Å². The number of aromatic nitrogens is 2. The molecule has 0 spiro atoms. The van der Waals surface area contributed by atoms with Crippen LogP contribution in [0.15, 0.2) is 36.7 Å². The largest absolute Gasteiger partial charge is 0.492 e. The Morgan fingerprint density at radius 1 is 1.27 bits per heavy atom. The van der Waals surface area contributed by atoms with Crippen LogP contribution in [0.4, 0.5) is 15.8 Å². The SMILES string of the molecule is COc1c(F)cccc1Nc1c(-c2ccncc2OC[C@H]2CCCN2C(C)(C)C)[nH]c2c1C(=O)NCC2. The molecule has 0 saturated carbocycles. The Hall–Kier alpha value is -3.59. The third-order valence-corrected chi connectivity index (χ3v) is 7.12. The highest BCUT2D eigenvalue weighted by Crippen LogP contribution is 2.42. The molecule has 37 heavy (non-hydrogen) atoms. The summed E-state index contributed by atoms with van der Waals surface area (Å²) in [4.78, 5) is 23.2. The summed E-state index contributed by atoms with van der Waals surface area (Å²) in [6, 6.07) is 6.83. The number of H-pyrrole nitrogens is 1. The van der Waals surface area contributed by atoms with Gasteiger partial charge in [0.1, 0.15) is 12.4 Å². The van der Waals surface area contributed by atoms with E-state index in [9.17, 15) is 9.18 Å². The summed E-state index contributed by atoms with van der Waals surface area (Å²) >= 11 is 0. The fourth-order valence-corrected chi connectivity index (χ4v) is 5.44. The normalized spacial score (nSPS) is 17.9.